The van der Waals surface area contributed by atoms with Crippen molar-refractivity contribution in [2.45, 2.75) is 38.0 Å². The predicted molar refractivity (Wildman–Crippen MR) is 43.3 cm³/mol. The number of nitrogens with zero attached hydrogens (tertiary/aromatic N) is 1. The molecule has 3 heteroatoms. The van der Waals surface area contributed by atoms with Crippen LogP contribution in [0.3, 0.4) is 0 Å². The van der Waals surface area contributed by atoms with Crippen LogP contribution >= 0.6 is 0 Å². The predicted octanol–water partition coefficient (Wildman–Crippen LogP) is -0.178. The highest BCUT2D eigenvalue weighted by Gasteiger charge is 2.32. The molecule has 0 aromatic heterocycles. The topological polar surface area (TPSA) is 43.7 Å². The summed E-state index contributed by atoms with van der Waals surface area (Å²) in [5, 5.41) is 18.3. The van der Waals surface area contributed by atoms with E-state index in [4.69, 9.17) is 5.11 Å². The minimum Gasteiger partial charge on any atom is -0.392 e. The SMILES string of the molecule is CC(O)CN(C)C1CCC1O. The smallest absolute Gasteiger partial charge is 0.0695 e. The minimum atomic E-state index is -0.298. The Kier molecular flexibility index (Phi) is 2.87. The Morgan fingerprint density at radius 2 is 2.18 bits per heavy atom. The van der Waals surface area contributed by atoms with E-state index in [2.05, 4.69) is 0 Å². The molecule has 1 aliphatic rings. The average molecular weight is 159 g/mol. The van der Waals surface area contributed by atoms with Gasteiger partial charge in [0.25, 0.3) is 0 Å². The van der Waals surface area contributed by atoms with Crippen molar-refractivity contribution in [1.29, 1.82) is 0 Å². The van der Waals surface area contributed by atoms with Crippen LogP contribution in [0.2, 0.25) is 0 Å². The highest BCUT2D eigenvalue weighted by atomic mass is 16.3. The largest absolute Gasteiger partial charge is 0.392 e. The van der Waals surface area contributed by atoms with Crippen LogP contribution in [0, 0.1) is 0 Å². The lowest BCUT2D eigenvalue weighted by Crippen LogP contribution is -2.50. The number of rotatable bonds is 3. The second-order valence-electron chi connectivity index (χ2n) is 3.50. The number of likely N-dealkylation sites (N-methyl/N-ethyl adjacent to an activating group) is 1. The third kappa shape index (κ3) is 2.15. The zero-order valence-electron chi connectivity index (χ0n) is 7.20. The molecule has 3 atom stereocenters. The summed E-state index contributed by atoms with van der Waals surface area (Å²) in [5.41, 5.74) is 0. The molecule has 0 amide bonds. The number of aliphatic hydroxyl groups excluding tert-OH is 2. The normalized spacial score (nSPS) is 33.5. The first-order chi connectivity index (χ1) is 5.11. The third-order valence-corrected chi connectivity index (χ3v) is 2.32. The fourth-order valence-electron chi connectivity index (χ4n) is 1.53. The molecule has 11 heavy (non-hydrogen) atoms. The van der Waals surface area contributed by atoms with E-state index in [0.29, 0.717) is 6.54 Å². The molecule has 2 N–H and O–H groups in total. The van der Waals surface area contributed by atoms with Gasteiger partial charge in [-0.05, 0) is 26.8 Å². The first kappa shape index (κ1) is 8.97. The Morgan fingerprint density at radius 1 is 1.55 bits per heavy atom. The maximum atomic E-state index is 9.27. The summed E-state index contributed by atoms with van der Waals surface area (Å²) in [4.78, 5) is 2.03. The van der Waals surface area contributed by atoms with Crippen LogP contribution in [0.5, 0.6) is 0 Å². The van der Waals surface area contributed by atoms with Crippen molar-refractivity contribution in [3.63, 3.8) is 0 Å². The molecule has 0 saturated heterocycles. The van der Waals surface area contributed by atoms with Crippen molar-refractivity contribution in [1.82, 2.24) is 4.90 Å². The van der Waals surface area contributed by atoms with Gasteiger partial charge in [0, 0.05) is 12.6 Å². The number of aliphatic hydroxyl groups is 2. The van der Waals surface area contributed by atoms with E-state index in [-0.39, 0.29) is 18.2 Å². The van der Waals surface area contributed by atoms with E-state index in [1.807, 2.05) is 11.9 Å². The Bertz CT molecular complexity index is 127. The molecule has 66 valence electrons. The third-order valence-electron chi connectivity index (χ3n) is 2.32. The van der Waals surface area contributed by atoms with Gasteiger partial charge in [-0.2, -0.15) is 0 Å². The molecule has 3 nitrogen and oxygen atoms in total. The lowest BCUT2D eigenvalue weighted by atomic mass is 9.88. The Balaban J connectivity index is 2.24. The van der Waals surface area contributed by atoms with Gasteiger partial charge >= 0.3 is 0 Å². The van der Waals surface area contributed by atoms with E-state index in [9.17, 15) is 5.11 Å². The van der Waals surface area contributed by atoms with Crippen LogP contribution in [0.15, 0.2) is 0 Å². The summed E-state index contributed by atoms with van der Waals surface area (Å²) in [5.74, 6) is 0. The molecule has 0 bridgehead atoms. The molecule has 0 spiro atoms. The molecule has 1 fully saturated rings. The summed E-state index contributed by atoms with van der Waals surface area (Å²) in [6, 6.07) is 0.282. The van der Waals surface area contributed by atoms with Gasteiger partial charge in [-0.25, -0.2) is 0 Å². The van der Waals surface area contributed by atoms with Crippen molar-refractivity contribution in [2.24, 2.45) is 0 Å². The van der Waals surface area contributed by atoms with Crippen LogP contribution in [-0.2, 0) is 0 Å². The quantitative estimate of drug-likeness (QED) is 0.600. The molecule has 0 aliphatic heterocycles. The molecule has 1 saturated carbocycles. The zero-order chi connectivity index (χ0) is 8.43. The van der Waals surface area contributed by atoms with Crippen molar-refractivity contribution < 1.29 is 10.2 Å². The van der Waals surface area contributed by atoms with Gasteiger partial charge < -0.3 is 10.2 Å². The second kappa shape index (κ2) is 3.52. The highest BCUT2D eigenvalue weighted by Crippen LogP contribution is 2.24. The first-order valence-corrected chi connectivity index (χ1v) is 4.17. The van der Waals surface area contributed by atoms with Crippen LogP contribution in [0.1, 0.15) is 19.8 Å². The summed E-state index contributed by atoms with van der Waals surface area (Å²) in [6.07, 6.45) is 1.51. The lowest BCUT2D eigenvalue weighted by Gasteiger charge is -2.39. The number of hydrogen-bond acceptors (Lipinski definition) is 3. The Morgan fingerprint density at radius 3 is 2.45 bits per heavy atom. The molecular formula is C8H17NO2. The van der Waals surface area contributed by atoms with Gasteiger partial charge in [0.05, 0.1) is 12.2 Å². The lowest BCUT2D eigenvalue weighted by molar-refractivity contribution is -0.0228. The van der Waals surface area contributed by atoms with Gasteiger partial charge in [0.2, 0.25) is 0 Å². The maximum Gasteiger partial charge on any atom is 0.0695 e. The summed E-state index contributed by atoms with van der Waals surface area (Å²) in [6.45, 7) is 2.42. The molecule has 0 heterocycles. The molecule has 1 rings (SSSR count). The van der Waals surface area contributed by atoms with Crippen LogP contribution < -0.4 is 0 Å². The first-order valence-electron chi connectivity index (χ1n) is 4.17. The highest BCUT2D eigenvalue weighted by molar-refractivity contribution is 4.87. The monoisotopic (exact) mass is 159 g/mol. The number of hydrogen-bond donors (Lipinski definition) is 2. The van der Waals surface area contributed by atoms with Gasteiger partial charge in [-0.1, -0.05) is 0 Å². The van der Waals surface area contributed by atoms with E-state index in [1.54, 1.807) is 6.92 Å². The molecule has 0 radical (unpaired) electrons. The molecule has 3 unspecified atom stereocenters. The second-order valence-corrected chi connectivity index (χ2v) is 3.50. The molecular weight excluding hydrogens is 142 g/mol. The van der Waals surface area contributed by atoms with E-state index in [0.717, 1.165) is 12.8 Å². The van der Waals surface area contributed by atoms with Crippen molar-refractivity contribution in [3.05, 3.63) is 0 Å². The van der Waals surface area contributed by atoms with Crippen molar-refractivity contribution in [3.8, 4) is 0 Å². The molecule has 0 aromatic rings. The fourth-order valence-corrected chi connectivity index (χ4v) is 1.53. The van der Waals surface area contributed by atoms with E-state index >= 15 is 0 Å². The van der Waals surface area contributed by atoms with Crippen molar-refractivity contribution >= 4 is 0 Å². The van der Waals surface area contributed by atoms with E-state index in [1.165, 1.54) is 0 Å². The zero-order valence-corrected chi connectivity index (χ0v) is 7.20. The van der Waals surface area contributed by atoms with Crippen LogP contribution in [-0.4, -0.2) is 47.0 Å². The summed E-state index contributed by atoms with van der Waals surface area (Å²) in [7, 11) is 1.94. The Hall–Kier alpha value is -0.120. The maximum absolute atomic E-state index is 9.27. The van der Waals surface area contributed by atoms with Gasteiger partial charge in [0.1, 0.15) is 0 Å². The van der Waals surface area contributed by atoms with Gasteiger partial charge in [-0.3, -0.25) is 4.90 Å². The molecule has 1 aliphatic carbocycles. The average Bonchev–Trinajstić information content (AvgIpc) is 1.82. The van der Waals surface area contributed by atoms with Crippen LogP contribution in [0.4, 0.5) is 0 Å². The van der Waals surface area contributed by atoms with E-state index < -0.39 is 0 Å². The van der Waals surface area contributed by atoms with Gasteiger partial charge in [0.15, 0.2) is 0 Å². The molecule has 0 aromatic carbocycles. The van der Waals surface area contributed by atoms with Gasteiger partial charge in [-0.15, -0.1) is 0 Å². The summed E-state index contributed by atoms with van der Waals surface area (Å²) < 4.78 is 0. The standard InChI is InChI=1S/C8H17NO2/c1-6(10)5-9(2)7-3-4-8(7)11/h6-8,10-11H,3-5H2,1-2H3. The Labute approximate surface area is 67.6 Å². The van der Waals surface area contributed by atoms with Crippen LogP contribution in [0.25, 0.3) is 0 Å². The van der Waals surface area contributed by atoms with Crippen molar-refractivity contribution in [2.75, 3.05) is 13.6 Å². The fraction of sp³-hybridized carbons (Fsp3) is 1.00. The summed E-state index contributed by atoms with van der Waals surface area (Å²) >= 11 is 0. The minimum absolute atomic E-state index is 0.168.